The Morgan fingerprint density at radius 2 is 2.35 bits per heavy atom. The molecule has 0 radical (unpaired) electrons. The molecule has 0 unspecified atom stereocenters. The average molecular weight is 256 g/mol. The first-order chi connectivity index (χ1) is 8.22. The summed E-state index contributed by atoms with van der Waals surface area (Å²) in [6.45, 7) is 1.88. The highest BCUT2D eigenvalue weighted by Crippen LogP contribution is 2.30. The highest BCUT2D eigenvalue weighted by Gasteiger charge is 2.12. The summed E-state index contributed by atoms with van der Waals surface area (Å²) in [6, 6.07) is 5.17. The summed E-state index contributed by atoms with van der Waals surface area (Å²) in [5.74, 6) is -0.0231. The van der Waals surface area contributed by atoms with E-state index in [0.29, 0.717) is 23.3 Å². The lowest BCUT2D eigenvalue weighted by molar-refractivity contribution is -0.145. The van der Waals surface area contributed by atoms with Crippen molar-refractivity contribution < 1.29 is 18.8 Å². The number of carbonyl (C=O) groups is 1. The molecule has 0 aliphatic heterocycles. The van der Waals surface area contributed by atoms with E-state index in [9.17, 15) is 4.79 Å². The first-order valence-corrected chi connectivity index (χ1v) is 5.42. The molecule has 2 rings (SSSR count). The van der Waals surface area contributed by atoms with Gasteiger partial charge in [-0.05, 0) is 19.1 Å². The van der Waals surface area contributed by atoms with Crippen LogP contribution >= 0.6 is 11.6 Å². The second kappa shape index (κ2) is 5.05. The molecule has 5 nitrogen and oxygen atoms in total. The van der Waals surface area contributed by atoms with Crippen LogP contribution in [-0.2, 0) is 9.53 Å². The van der Waals surface area contributed by atoms with Gasteiger partial charge in [0.2, 0.25) is 5.58 Å². The van der Waals surface area contributed by atoms with Gasteiger partial charge in [0, 0.05) is 0 Å². The number of hydrogen-bond donors (Lipinski definition) is 0. The van der Waals surface area contributed by atoms with Crippen LogP contribution in [0.3, 0.4) is 0 Å². The largest absolute Gasteiger partial charge is 0.478 e. The summed E-state index contributed by atoms with van der Waals surface area (Å²) < 4.78 is 15.0. The highest BCUT2D eigenvalue weighted by atomic mass is 35.5. The Labute approximate surface area is 102 Å². The zero-order valence-corrected chi connectivity index (χ0v) is 9.86. The van der Waals surface area contributed by atoms with Crippen molar-refractivity contribution in [2.24, 2.45) is 0 Å². The summed E-state index contributed by atoms with van der Waals surface area (Å²) in [5.41, 5.74) is 0.418. The Morgan fingerprint density at radius 1 is 1.53 bits per heavy atom. The molecule has 0 saturated carbocycles. The number of para-hydroxylation sites is 1. The van der Waals surface area contributed by atoms with Crippen molar-refractivity contribution >= 4 is 28.5 Å². The minimum absolute atomic E-state index is 0.175. The molecule has 0 N–H and O–H groups in total. The van der Waals surface area contributed by atoms with E-state index in [1.54, 1.807) is 25.1 Å². The van der Waals surface area contributed by atoms with Gasteiger partial charge in [-0.1, -0.05) is 22.8 Å². The van der Waals surface area contributed by atoms with Gasteiger partial charge in [-0.25, -0.2) is 4.79 Å². The van der Waals surface area contributed by atoms with Crippen LogP contribution in [0, 0.1) is 0 Å². The fraction of sp³-hybridized carbons (Fsp3) is 0.273. The number of rotatable bonds is 4. The van der Waals surface area contributed by atoms with E-state index in [1.807, 2.05) is 0 Å². The minimum Gasteiger partial charge on any atom is -0.478 e. The van der Waals surface area contributed by atoms with Gasteiger partial charge in [0.1, 0.15) is 0 Å². The molecule has 0 aliphatic carbocycles. The van der Waals surface area contributed by atoms with Gasteiger partial charge < -0.3 is 14.0 Å². The van der Waals surface area contributed by atoms with E-state index in [2.05, 4.69) is 5.16 Å². The lowest BCUT2D eigenvalue weighted by Gasteiger charge is -2.05. The molecule has 90 valence electrons. The molecule has 0 atom stereocenters. The number of benzene rings is 1. The SMILES string of the molecule is CCOC(=O)COc1cccc2c(Cl)noc12. The van der Waals surface area contributed by atoms with E-state index in [-0.39, 0.29) is 11.8 Å². The van der Waals surface area contributed by atoms with Crippen molar-refractivity contribution in [1.29, 1.82) is 0 Å². The van der Waals surface area contributed by atoms with Gasteiger partial charge in [0.15, 0.2) is 17.5 Å². The summed E-state index contributed by atoms with van der Waals surface area (Å²) >= 11 is 5.80. The fourth-order valence-electron chi connectivity index (χ4n) is 1.36. The lowest BCUT2D eigenvalue weighted by Crippen LogP contribution is -2.14. The highest BCUT2D eigenvalue weighted by molar-refractivity contribution is 6.34. The summed E-state index contributed by atoms with van der Waals surface area (Å²) in [4.78, 5) is 11.1. The number of ether oxygens (including phenoxy) is 2. The van der Waals surface area contributed by atoms with E-state index in [1.165, 1.54) is 0 Å². The zero-order valence-electron chi connectivity index (χ0n) is 9.10. The standard InChI is InChI=1S/C11H10ClNO4/c1-2-15-9(14)6-16-8-5-3-4-7-10(8)17-13-11(7)12/h3-5H,2,6H2,1H3. The molecule has 1 aromatic heterocycles. The first kappa shape index (κ1) is 11.7. The van der Waals surface area contributed by atoms with Crippen molar-refractivity contribution in [3.05, 3.63) is 23.4 Å². The first-order valence-electron chi connectivity index (χ1n) is 5.04. The Balaban J connectivity index is 2.16. The third-order valence-corrected chi connectivity index (χ3v) is 2.34. The second-order valence-electron chi connectivity index (χ2n) is 3.20. The van der Waals surface area contributed by atoms with Crippen molar-refractivity contribution in [3.63, 3.8) is 0 Å². The van der Waals surface area contributed by atoms with Crippen LogP contribution in [0.4, 0.5) is 0 Å². The molecule has 0 fully saturated rings. The number of halogens is 1. The molecule has 1 heterocycles. The van der Waals surface area contributed by atoms with E-state index >= 15 is 0 Å². The second-order valence-corrected chi connectivity index (χ2v) is 3.56. The van der Waals surface area contributed by atoms with Gasteiger partial charge in [-0.15, -0.1) is 0 Å². The van der Waals surface area contributed by atoms with Crippen LogP contribution < -0.4 is 4.74 Å². The van der Waals surface area contributed by atoms with Crippen LogP contribution in [-0.4, -0.2) is 24.3 Å². The van der Waals surface area contributed by atoms with Gasteiger partial charge >= 0.3 is 5.97 Å². The lowest BCUT2D eigenvalue weighted by atomic mass is 10.2. The molecular formula is C11H10ClNO4. The Bertz CT molecular complexity index is 537. The van der Waals surface area contributed by atoms with Gasteiger partial charge in [-0.2, -0.15) is 0 Å². The predicted molar refractivity (Wildman–Crippen MR) is 61.1 cm³/mol. The average Bonchev–Trinajstić information content (AvgIpc) is 2.70. The van der Waals surface area contributed by atoms with E-state index in [4.69, 9.17) is 25.6 Å². The van der Waals surface area contributed by atoms with Crippen LogP contribution in [0.1, 0.15) is 6.92 Å². The number of nitrogens with zero attached hydrogens (tertiary/aromatic N) is 1. The van der Waals surface area contributed by atoms with Gasteiger partial charge in [-0.3, -0.25) is 0 Å². The van der Waals surface area contributed by atoms with Crippen LogP contribution in [0.5, 0.6) is 5.75 Å². The van der Waals surface area contributed by atoms with Gasteiger partial charge in [0.05, 0.1) is 12.0 Å². The van der Waals surface area contributed by atoms with Crippen LogP contribution in [0.25, 0.3) is 11.0 Å². The number of fused-ring (bicyclic) bond motifs is 1. The van der Waals surface area contributed by atoms with E-state index in [0.717, 1.165) is 0 Å². The summed E-state index contributed by atoms with van der Waals surface area (Å²) in [7, 11) is 0. The fourth-order valence-corrected chi connectivity index (χ4v) is 1.54. The van der Waals surface area contributed by atoms with Crippen molar-refractivity contribution in [2.75, 3.05) is 13.2 Å². The molecule has 1 aromatic carbocycles. The Morgan fingerprint density at radius 3 is 3.12 bits per heavy atom. The quantitative estimate of drug-likeness (QED) is 0.785. The molecule has 17 heavy (non-hydrogen) atoms. The molecule has 0 aliphatic rings. The molecule has 0 spiro atoms. The van der Waals surface area contributed by atoms with Crippen LogP contribution in [0.15, 0.2) is 22.7 Å². The number of aromatic nitrogens is 1. The predicted octanol–water partition coefficient (Wildman–Crippen LogP) is 2.42. The summed E-state index contributed by atoms with van der Waals surface area (Å²) in [5, 5.41) is 4.53. The van der Waals surface area contributed by atoms with Crippen molar-refractivity contribution in [3.8, 4) is 5.75 Å². The molecule has 2 aromatic rings. The normalized spacial score (nSPS) is 10.5. The molecule has 0 saturated heterocycles. The van der Waals surface area contributed by atoms with Gasteiger partial charge in [0.25, 0.3) is 0 Å². The third-order valence-electron chi connectivity index (χ3n) is 2.07. The topological polar surface area (TPSA) is 61.6 Å². The van der Waals surface area contributed by atoms with Crippen LogP contribution in [0.2, 0.25) is 5.15 Å². The molecular weight excluding hydrogens is 246 g/mol. The molecule has 0 bridgehead atoms. The Kier molecular flexibility index (Phi) is 3.49. The smallest absolute Gasteiger partial charge is 0.344 e. The minimum atomic E-state index is -0.435. The van der Waals surface area contributed by atoms with Crippen molar-refractivity contribution in [1.82, 2.24) is 5.16 Å². The maximum atomic E-state index is 11.1. The molecule has 0 amide bonds. The number of carbonyl (C=O) groups excluding carboxylic acids is 1. The maximum Gasteiger partial charge on any atom is 0.344 e. The molecule has 6 heteroatoms. The zero-order chi connectivity index (χ0) is 12.3. The third kappa shape index (κ3) is 2.50. The monoisotopic (exact) mass is 255 g/mol. The number of hydrogen-bond acceptors (Lipinski definition) is 5. The van der Waals surface area contributed by atoms with Crippen molar-refractivity contribution in [2.45, 2.75) is 6.92 Å². The summed E-state index contributed by atoms with van der Waals surface area (Å²) in [6.07, 6.45) is 0. The number of esters is 1. The van der Waals surface area contributed by atoms with E-state index < -0.39 is 5.97 Å². The Hall–Kier alpha value is -1.75. The maximum absolute atomic E-state index is 11.1.